The van der Waals surface area contributed by atoms with Crippen molar-refractivity contribution in [1.29, 1.82) is 5.26 Å². The maximum atomic E-state index is 12.4. The first-order chi connectivity index (χ1) is 11.4. The summed E-state index contributed by atoms with van der Waals surface area (Å²) in [6, 6.07) is 2.25. The number of aliphatic hydroxyl groups excluding tert-OH is 1. The summed E-state index contributed by atoms with van der Waals surface area (Å²) in [5.74, 6) is 1.29. The fourth-order valence-corrected chi connectivity index (χ4v) is 7.66. The van der Waals surface area contributed by atoms with Crippen molar-refractivity contribution in [3.8, 4) is 6.07 Å². The van der Waals surface area contributed by atoms with Crippen LogP contribution in [0.2, 0.25) is 0 Å². The van der Waals surface area contributed by atoms with E-state index in [-0.39, 0.29) is 34.4 Å². The lowest BCUT2D eigenvalue weighted by Crippen LogP contribution is -2.59. The summed E-state index contributed by atoms with van der Waals surface area (Å²) in [6.07, 6.45) is 6.53. The summed E-state index contributed by atoms with van der Waals surface area (Å²) in [5.41, 5.74) is -0.252. The molecule has 0 aromatic carbocycles. The lowest BCUT2D eigenvalue weighted by atomic mass is 9.44. The molecule has 9 atom stereocenters. The van der Waals surface area contributed by atoms with E-state index in [4.69, 9.17) is 4.74 Å². The predicted molar refractivity (Wildman–Crippen MR) is 86.7 cm³/mol. The van der Waals surface area contributed by atoms with Crippen LogP contribution in [0.3, 0.4) is 0 Å². The van der Waals surface area contributed by atoms with E-state index in [1.807, 2.05) is 0 Å². The van der Waals surface area contributed by atoms with Gasteiger partial charge in [-0.3, -0.25) is 4.79 Å². The van der Waals surface area contributed by atoms with Gasteiger partial charge in [0.1, 0.15) is 17.6 Å². The van der Waals surface area contributed by atoms with E-state index < -0.39 is 5.92 Å². The zero-order valence-electron chi connectivity index (χ0n) is 14.6. The summed E-state index contributed by atoms with van der Waals surface area (Å²) in [7, 11) is 0. The highest BCUT2D eigenvalue weighted by molar-refractivity contribution is 5.92. The van der Waals surface area contributed by atoms with Gasteiger partial charge in [0, 0.05) is 5.41 Å². The van der Waals surface area contributed by atoms with Gasteiger partial charge >= 0.3 is 0 Å². The molecule has 4 unspecified atom stereocenters. The quantitative estimate of drug-likeness (QED) is 0.694. The summed E-state index contributed by atoms with van der Waals surface area (Å²) >= 11 is 0. The Balaban J connectivity index is 1.53. The zero-order valence-corrected chi connectivity index (χ0v) is 14.6. The van der Waals surface area contributed by atoms with E-state index in [0.717, 1.165) is 38.5 Å². The number of nitrogens with zero attached hydrogens (tertiary/aromatic N) is 1. The van der Waals surface area contributed by atoms with Gasteiger partial charge in [0.2, 0.25) is 0 Å². The lowest BCUT2D eigenvalue weighted by Gasteiger charge is -2.59. The molecule has 24 heavy (non-hydrogen) atoms. The van der Waals surface area contributed by atoms with Gasteiger partial charge in [0.05, 0.1) is 12.2 Å². The van der Waals surface area contributed by atoms with Crippen molar-refractivity contribution in [3.05, 3.63) is 0 Å². The van der Waals surface area contributed by atoms with Crippen LogP contribution in [0.4, 0.5) is 0 Å². The highest BCUT2D eigenvalue weighted by Crippen LogP contribution is 2.72. The van der Waals surface area contributed by atoms with Gasteiger partial charge in [-0.2, -0.15) is 5.26 Å². The number of rotatable bonds is 0. The number of fused-ring (bicyclic) bond motifs is 4. The van der Waals surface area contributed by atoms with Crippen LogP contribution >= 0.6 is 0 Å². The van der Waals surface area contributed by atoms with Crippen molar-refractivity contribution in [2.75, 3.05) is 0 Å². The number of carbonyl (C=O) groups is 1. The molecule has 5 rings (SSSR count). The Labute approximate surface area is 143 Å². The third-order valence-electron chi connectivity index (χ3n) is 9.10. The fraction of sp³-hybridized carbons (Fsp3) is 0.900. The number of hydrogen-bond donors (Lipinski definition) is 1. The van der Waals surface area contributed by atoms with Crippen LogP contribution < -0.4 is 0 Å². The molecule has 1 heterocycles. The molecule has 5 aliphatic rings. The molecule has 4 heteroatoms. The minimum absolute atomic E-state index is 0.0327. The molecular formula is C20H27NO3. The van der Waals surface area contributed by atoms with Crippen molar-refractivity contribution in [2.24, 2.45) is 34.5 Å². The second kappa shape index (κ2) is 4.43. The van der Waals surface area contributed by atoms with Crippen LogP contribution in [0.5, 0.6) is 0 Å². The standard InChI is InChI=1S/C20H27NO3/c1-18-7-6-14-12(13(18)3-4-15(18)22)5-8-20-17(24-20)16(23)11(10-21)9-19(14,20)2/h11-15,17,22H,3-9H2,1-2H3/t11-,12+,13+,14+,15?,17?,18?,19?,20+/m1/s1. The summed E-state index contributed by atoms with van der Waals surface area (Å²) < 4.78 is 6.07. The smallest absolute Gasteiger partial charge is 0.181 e. The van der Waals surface area contributed by atoms with E-state index in [2.05, 4.69) is 19.9 Å². The highest BCUT2D eigenvalue weighted by atomic mass is 16.6. The van der Waals surface area contributed by atoms with E-state index in [9.17, 15) is 15.2 Å². The molecule has 1 aliphatic heterocycles. The average Bonchev–Trinajstić information content (AvgIpc) is 3.23. The van der Waals surface area contributed by atoms with E-state index >= 15 is 0 Å². The Hall–Kier alpha value is -0.920. The molecule has 1 spiro atoms. The van der Waals surface area contributed by atoms with Crippen LogP contribution in [0.25, 0.3) is 0 Å². The first-order valence-electron chi connectivity index (χ1n) is 9.67. The number of aliphatic hydroxyl groups is 1. The van der Waals surface area contributed by atoms with Gasteiger partial charge in [-0.15, -0.1) is 0 Å². The molecule has 0 radical (unpaired) electrons. The van der Waals surface area contributed by atoms with E-state index in [1.54, 1.807) is 0 Å². The molecule has 130 valence electrons. The van der Waals surface area contributed by atoms with E-state index in [0.29, 0.717) is 24.2 Å². The molecule has 4 aliphatic carbocycles. The van der Waals surface area contributed by atoms with Crippen LogP contribution in [-0.2, 0) is 9.53 Å². The molecule has 1 N–H and O–H groups in total. The Morgan fingerprint density at radius 3 is 2.71 bits per heavy atom. The van der Waals surface area contributed by atoms with Crippen molar-refractivity contribution >= 4 is 5.78 Å². The van der Waals surface area contributed by atoms with E-state index in [1.165, 1.54) is 0 Å². The number of nitriles is 1. The zero-order chi connectivity index (χ0) is 16.9. The third-order valence-corrected chi connectivity index (χ3v) is 9.10. The fourth-order valence-electron chi connectivity index (χ4n) is 7.66. The van der Waals surface area contributed by atoms with Crippen molar-refractivity contribution < 1.29 is 14.6 Å². The maximum Gasteiger partial charge on any atom is 0.181 e. The minimum atomic E-state index is -0.489. The Bertz CT molecular complexity index is 656. The Morgan fingerprint density at radius 2 is 1.96 bits per heavy atom. The maximum absolute atomic E-state index is 12.4. The first kappa shape index (κ1) is 15.3. The first-order valence-corrected chi connectivity index (χ1v) is 9.67. The molecule has 1 saturated heterocycles. The molecule has 4 saturated carbocycles. The topological polar surface area (TPSA) is 73.6 Å². The lowest BCUT2D eigenvalue weighted by molar-refractivity contribution is -0.138. The second-order valence-corrected chi connectivity index (χ2v) is 9.65. The molecule has 4 nitrogen and oxygen atoms in total. The summed E-state index contributed by atoms with van der Waals surface area (Å²) in [5, 5.41) is 20.0. The molecule has 5 fully saturated rings. The van der Waals surface area contributed by atoms with Crippen LogP contribution in [0.15, 0.2) is 0 Å². The molecule has 0 aromatic heterocycles. The number of hydrogen-bond acceptors (Lipinski definition) is 4. The minimum Gasteiger partial charge on any atom is -0.393 e. The number of Topliss-reactive ketones (excluding diaryl/α,β-unsaturated/α-hetero) is 1. The van der Waals surface area contributed by atoms with Crippen molar-refractivity contribution in [1.82, 2.24) is 0 Å². The Kier molecular flexibility index (Phi) is 2.83. The average molecular weight is 329 g/mol. The monoisotopic (exact) mass is 329 g/mol. The normalized spacial score (nSPS) is 61.2. The number of epoxide rings is 1. The number of ether oxygens (including phenoxy) is 1. The van der Waals surface area contributed by atoms with Crippen LogP contribution in [-0.4, -0.2) is 28.7 Å². The third kappa shape index (κ3) is 1.51. The molecule has 0 bridgehead atoms. The van der Waals surface area contributed by atoms with Gasteiger partial charge in [0.25, 0.3) is 0 Å². The van der Waals surface area contributed by atoms with Crippen molar-refractivity contribution in [3.63, 3.8) is 0 Å². The van der Waals surface area contributed by atoms with Gasteiger partial charge in [-0.1, -0.05) is 13.8 Å². The molecule has 0 amide bonds. The second-order valence-electron chi connectivity index (χ2n) is 9.65. The number of carbonyl (C=O) groups excluding carboxylic acids is 1. The van der Waals surface area contributed by atoms with Gasteiger partial charge in [0.15, 0.2) is 5.78 Å². The summed E-state index contributed by atoms with van der Waals surface area (Å²) in [6.45, 7) is 4.59. The number of ketones is 1. The predicted octanol–water partition coefficient (Wildman–Crippen LogP) is 2.84. The summed E-state index contributed by atoms with van der Waals surface area (Å²) in [4.78, 5) is 12.4. The molecular weight excluding hydrogens is 302 g/mol. The van der Waals surface area contributed by atoms with Gasteiger partial charge in [-0.05, 0) is 68.1 Å². The van der Waals surface area contributed by atoms with Crippen LogP contribution in [0, 0.1) is 45.8 Å². The van der Waals surface area contributed by atoms with Gasteiger partial charge in [-0.25, -0.2) is 0 Å². The Morgan fingerprint density at radius 1 is 1.17 bits per heavy atom. The SMILES string of the molecule is CC12CC[C@H]3[C@@H](CC[C@]45OC4C(=O)[C@@H](C#N)CC35C)[C@@H]1CCC2O. The van der Waals surface area contributed by atoms with Crippen molar-refractivity contribution in [2.45, 2.75) is 76.6 Å². The largest absolute Gasteiger partial charge is 0.393 e. The molecule has 0 aromatic rings. The van der Waals surface area contributed by atoms with Gasteiger partial charge < -0.3 is 9.84 Å². The highest BCUT2D eigenvalue weighted by Gasteiger charge is 2.78. The van der Waals surface area contributed by atoms with Crippen LogP contribution in [0.1, 0.15) is 58.8 Å².